The number of alkyl halides is 2. The van der Waals surface area contributed by atoms with Crippen LogP contribution in [0.15, 0.2) is 30.3 Å². The minimum absolute atomic E-state index is 0.450. The van der Waals surface area contributed by atoms with Crippen LogP contribution in [-0.2, 0) is 6.42 Å². The highest BCUT2D eigenvalue weighted by Crippen LogP contribution is 2.09. The summed E-state index contributed by atoms with van der Waals surface area (Å²) in [5.74, 6) is -3.00. The van der Waals surface area contributed by atoms with Crippen molar-refractivity contribution in [2.75, 3.05) is 19.7 Å². The van der Waals surface area contributed by atoms with E-state index in [0.29, 0.717) is 6.54 Å². The Hall–Kier alpha value is -1.00. The van der Waals surface area contributed by atoms with E-state index in [1.807, 2.05) is 18.2 Å². The third-order valence-corrected chi connectivity index (χ3v) is 2.53. The second-order valence-corrected chi connectivity index (χ2v) is 4.13. The average molecular weight is 243 g/mol. The van der Waals surface area contributed by atoms with E-state index in [9.17, 15) is 8.78 Å². The van der Waals surface area contributed by atoms with Crippen molar-refractivity contribution in [3.8, 4) is 0 Å². The van der Waals surface area contributed by atoms with Crippen LogP contribution >= 0.6 is 0 Å². The SMILES string of the molecule is OCC(F)(F)CNCCCCc1ccccc1. The fraction of sp³-hybridized carbons (Fsp3) is 0.538. The van der Waals surface area contributed by atoms with Crippen molar-refractivity contribution >= 4 is 0 Å². The van der Waals surface area contributed by atoms with E-state index in [2.05, 4.69) is 17.4 Å². The van der Waals surface area contributed by atoms with Gasteiger partial charge in [0.25, 0.3) is 5.92 Å². The van der Waals surface area contributed by atoms with Crippen molar-refractivity contribution in [3.63, 3.8) is 0 Å². The fourth-order valence-electron chi connectivity index (χ4n) is 1.55. The number of unbranched alkanes of at least 4 members (excludes halogenated alkanes) is 1. The lowest BCUT2D eigenvalue weighted by molar-refractivity contribution is -0.0474. The number of rotatable bonds is 8. The highest BCUT2D eigenvalue weighted by Gasteiger charge is 2.26. The summed E-state index contributed by atoms with van der Waals surface area (Å²) < 4.78 is 25.2. The van der Waals surface area contributed by atoms with Crippen molar-refractivity contribution in [1.29, 1.82) is 0 Å². The molecule has 0 aromatic heterocycles. The first-order chi connectivity index (χ1) is 8.14. The molecule has 0 spiro atoms. The zero-order chi connectivity index (χ0) is 12.6. The fourth-order valence-corrected chi connectivity index (χ4v) is 1.55. The van der Waals surface area contributed by atoms with E-state index in [-0.39, 0.29) is 0 Å². The maximum Gasteiger partial charge on any atom is 0.282 e. The Balaban J connectivity index is 2.02. The van der Waals surface area contributed by atoms with Gasteiger partial charge in [0.2, 0.25) is 0 Å². The molecule has 0 aliphatic rings. The first-order valence-electron chi connectivity index (χ1n) is 5.87. The number of aryl methyl sites for hydroxylation is 1. The molecule has 0 radical (unpaired) electrons. The molecule has 1 aromatic rings. The number of halogens is 2. The largest absolute Gasteiger partial charge is 0.390 e. The first kappa shape index (κ1) is 14.1. The molecule has 96 valence electrons. The lowest BCUT2D eigenvalue weighted by Gasteiger charge is -2.13. The molecule has 0 fully saturated rings. The van der Waals surface area contributed by atoms with Crippen LogP contribution in [-0.4, -0.2) is 30.7 Å². The third-order valence-electron chi connectivity index (χ3n) is 2.53. The van der Waals surface area contributed by atoms with Crippen LogP contribution in [0.3, 0.4) is 0 Å². The van der Waals surface area contributed by atoms with E-state index in [0.717, 1.165) is 19.3 Å². The molecule has 2 N–H and O–H groups in total. The Kier molecular flexibility index (Phi) is 6.08. The van der Waals surface area contributed by atoms with Crippen LogP contribution in [0.1, 0.15) is 18.4 Å². The molecule has 17 heavy (non-hydrogen) atoms. The van der Waals surface area contributed by atoms with Gasteiger partial charge in [0.15, 0.2) is 0 Å². The van der Waals surface area contributed by atoms with Crippen LogP contribution in [0.5, 0.6) is 0 Å². The van der Waals surface area contributed by atoms with Crippen molar-refractivity contribution in [2.24, 2.45) is 0 Å². The summed E-state index contributed by atoms with van der Waals surface area (Å²) in [6, 6.07) is 10.1. The van der Waals surface area contributed by atoms with E-state index < -0.39 is 19.1 Å². The van der Waals surface area contributed by atoms with Gasteiger partial charge in [-0.1, -0.05) is 30.3 Å². The van der Waals surface area contributed by atoms with Gasteiger partial charge in [-0.2, -0.15) is 0 Å². The molecule has 1 aromatic carbocycles. The summed E-state index contributed by atoms with van der Waals surface area (Å²) in [5, 5.41) is 11.0. The van der Waals surface area contributed by atoms with Gasteiger partial charge in [-0.05, 0) is 31.4 Å². The van der Waals surface area contributed by atoms with Gasteiger partial charge in [-0.25, -0.2) is 8.78 Å². The number of aliphatic hydroxyl groups excluding tert-OH is 1. The highest BCUT2D eigenvalue weighted by molar-refractivity contribution is 5.14. The van der Waals surface area contributed by atoms with Gasteiger partial charge in [-0.3, -0.25) is 0 Å². The summed E-state index contributed by atoms with van der Waals surface area (Å²) in [7, 11) is 0. The topological polar surface area (TPSA) is 32.3 Å². The normalized spacial score (nSPS) is 11.7. The van der Waals surface area contributed by atoms with Gasteiger partial charge in [-0.15, -0.1) is 0 Å². The van der Waals surface area contributed by atoms with Gasteiger partial charge >= 0.3 is 0 Å². The molecule has 0 atom stereocenters. The van der Waals surface area contributed by atoms with Gasteiger partial charge < -0.3 is 10.4 Å². The molecule has 0 amide bonds. The predicted octanol–water partition coefficient (Wildman–Crippen LogP) is 2.23. The molecular weight excluding hydrogens is 224 g/mol. The van der Waals surface area contributed by atoms with Crippen LogP contribution < -0.4 is 5.32 Å². The maximum atomic E-state index is 12.6. The van der Waals surface area contributed by atoms with Crippen molar-refractivity contribution in [3.05, 3.63) is 35.9 Å². The lowest BCUT2D eigenvalue weighted by Crippen LogP contribution is -2.36. The number of benzene rings is 1. The number of aliphatic hydroxyl groups is 1. The molecular formula is C13H19F2NO. The Bertz CT molecular complexity index is 304. The van der Waals surface area contributed by atoms with E-state index in [4.69, 9.17) is 5.11 Å². The van der Waals surface area contributed by atoms with E-state index in [1.54, 1.807) is 0 Å². The van der Waals surface area contributed by atoms with Crippen molar-refractivity contribution in [1.82, 2.24) is 5.32 Å². The van der Waals surface area contributed by atoms with Crippen molar-refractivity contribution in [2.45, 2.75) is 25.2 Å². The third kappa shape index (κ3) is 6.34. The highest BCUT2D eigenvalue weighted by atomic mass is 19.3. The van der Waals surface area contributed by atoms with Gasteiger partial charge in [0, 0.05) is 0 Å². The molecule has 0 unspecified atom stereocenters. The van der Waals surface area contributed by atoms with E-state index in [1.165, 1.54) is 5.56 Å². The zero-order valence-corrected chi connectivity index (χ0v) is 9.83. The quantitative estimate of drug-likeness (QED) is 0.686. The first-order valence-corrected chi connectivity index (χ1v) is 5.87. The molecule has 2 nitrogen and oxygen atoms in total. The molecule has 0 aliphatic carbocycles. The van der Waals surface area contributed by atoms with Crippen LogP contribution in [0.4, 0.5) is 8.78 Å². The lowest BCUT2D eigenvalue weighted by atomic mass is 10.1. The summed E-state index contributed by atoms with van der Waals surface area (Å²) in [6.45, 7) is -0.985. The minimum atomic E-state index is -3.00. The zero-order valence-electron chi connectivity index (χ0n) is 9.83. The van der Waals surface area contributed by atoms with Crippen LogP contribution in [0.2, 0.25) is 0 Å². The Labute approximate surface area is 101 Å². The smallest absolute Gasteiger partial charge is 0.282 e. The van der Waals surface area contributed by atoms with Crippen LogP contribution in [0, 0.1) is 0 Å². The Morgan fingerprint density at radius 1 is 1.12 bits per heavy atom. The molecule has 1 rings (SSSR count). The number of hydrogen-bond donors (Lipinski definition) is 2. The average Bonchev–Trinajstić information content (AvgIpc) is 2.35. The minimum Gasteiger partial charge on any atom is -0.390 e. The molecule has 0 bridgehead atoms. The number of nitrogens with one attached hydrogen (secondary N) is 1. The Morgan fingerprint density at radius 2 is 1.82 bits per heavy atom. The standard InChI is InChI=1S/C13H19F2NO/c14-13(15,11-17)10-16-9-5-4-8-12-6-2-1-3-7-12/h1-3,6-7,16-17H,4-5,8-11H2. The second kappa shape index (κ2) is 7.35. The maximum absolute atomic E-state index is 12.6. The molecule has 4 heteroatoms. The second-order valence-electron chi connectivity index (χ2n) is 4.13. The molecule has 0 heterocycles. The summed E-state index contributed by atoms with van der Waals surface area (Å²) in [5.41, 5.74) is 1.27. The monoisotopic (exact) mass is 243 g/mol. The molecule has 0 saturated carbocycles. The molecule has 0 aliphatic heterocycles. The van der Waals surface area contributed by atoms with Gasteiger partial charge in [0.05, 0.1) is 6.54 Å². The summed E-state index contributed by atoms with van der Waals surface area (Å²) in [6.07, 6.45) is 2.80. The number of hydrogen-bond acceptors (Lipinski definition) is 2. The summed E-state index contributed by atoms with van der Waals surface area (Å²) in [4.78, 5) is 0. The van der Waals surface area contributed by atoms with Gasteiger partial charge in [0.1, 0.15) is 6.61 Å². The van der Waals surface area contributed by atoms with Crippen molar-refractivity contribution < 1.29 is 13.9 Å². The predicted molar refractivity (Wildman–Crippen MR) is 64.3 cm³/mol. The molecule has 0 saturated heterocycles. The Morgan fingerprint density at radius 3 is 2.47 bits per heavy atom. The van der Waals surface area contributed by atoms with Crippen LogP contribution in [0.25, 0.3) is 0 Å². The van der Waals surface area contributed by atoms with E-state index >= 15 is 0 Å². The summed E-state index contributed by atoms with van der Waals surface area (Å²) >= 11 is 0.